The number of thiazole rings is 1. The van der Waals surface area contributed by atoms with Crippen LogP contribution in [0.2, 0.25) is 0 Å². The molecule has 0 aliphatic carbocycles. The highest BCUT2D eigenvalue weighted by atomic mass is 32.1. The Labute approximate surface area is 167 Å². The number of nitrogens with zero attached hydrogens (tertiary/aromatic N) is 3. The summed E-state index contributed by atoms with van der Waals surface area (Å²) in [5.41, 5.74) is 6.72. The van der Waals surface area contributed by atoms with Crippen LogP contribution in [0.5, 0.6) is 0 Å². The van der Waals surface area contributed by atoms with Crippen LogP contribution in [0.25, 0.3) is 12.2 Å². The Morgan fingerprint density at radius 3 is 2.86 bits per heavy atom. The van der Waals surface area contributed by atoms with Gasteiger partial charge in [0.15, 0.2) is 5.13 Å². The maximum Gasteiger partial charge on any atom is 0.243 e. The minimum Gasteiger partial charge on any atom is -0.442 e. The van der Waals surface area contributed by atoms with Crippen molar-refractivity contribution >= 4 is 34.5 Å². The van der Waals surface area contributed by atoms with Crippen molar-refractivity contribution in [3.05, 3.63) is 46.6 Å². The zero-order valence-corrected chi connectivity index (χ0v) is 16.9. The van der Waals surface area contributed by atoms with E-state index < -0.39 is 6.04 Å². The van der Waals surface area contributed by atoms with Gasteiger partial charge >= 0.3 is 0 Å². The van der Waals surface area contributed by atoms with E-state index in [1.165, 1.54) is 11.3 Å². The molecule has 3 aromatic heterocycles. The van der Waals surface area contributed by atoms with E-state index in [9.17, 15) is 4.79 Å². The molecule has 28 heavy (non-hydrogen) atoms. The summed E-state index contributed by atoms with van der Waals surface area (Å²) in [7, 11) is 0. The summed E-state index contributed by atoms with van der Waals surface area (Å²) in [6.07, 6.45) is 10.0. The molecular formula is C19H24N6O2S. The first-order chi connectivity index (χ1) is 13.4. The fraction of sp³-hybridized carbons (Fsp3) is 0.368. The molecule has 0 aliphatic heterocycles. The van der Waals surface area contributed by atoms with E-state index in [4.69, 9.17) is 10.2 Å². The van der Waals surface area contributed by atoms with Crippen molar-refractivity contribution in [1.82, 2.24) is 19.9 Å². The highest BCUT2D eigenvalue weighted by Gasteiger charge is 2.17. The van der Waals surface area contributed by atoms with Crippen LogP contribution in [0.4, 0.5) is 5.13 Å². The van der Waals surface area contributed by atoms with Crippen LogP contribution >= 0.6 is 11.3 Å². The number of H-pyrrole nitrogens is 1. The van der Waals surface area contributed by atoms with Gasteiger partial charge in [-0.1, -0.05) is 25.2 Å². The number of carbonyl (C=O) groups is 1. The lowest BCUT2D eigenvalue weighted by atomic mass is 10.1. The van der Waals surface area contributed by atoms with Crippen molar-refractivity contribution in [2.45, 2.75) is 39.7 Å². The van der Waals surface area contributed by atoms with Crippen molar-refractivity contribution < 1.29 is 9.21 Å². The minimum atomic E-state index is -0.697. The third-order valence-electron chi connectivity index (χ3n) is 3.85. The molecule has 0 fully saturated rings. The van der Waals surface area contributed by atoms with Crippen molar-refractivity contribution in [1.29, 1.82) is 0 Å². The maximum atomic E-state index is 12.3. The molecule has 0 bridgehead atoms. The zero-order chi connectivity index (χ0) is 20.1. The van der Waals surface area contributed by atoms with Crippen LogP contribution in [0.1, 0.15) is 41.9 Å². The molecule has 0 spiro atoms. The second-order valence-corrected chi connectivity index (χ2v) is 8.00. The summed E-state index contributed by atoms with van der Waals surface area (Å²) in [6, 6.07) is -0.697. The van der Waals surface area contributed by atoms with E-state index in [1.807, 2.05) is 13.0 Å². The molecule has 0 radical (unpaired) electrons. The lowest BCUT2D eigenvalue weighted by Crippen LogP contribution is -2.37. The van der Waals surface area contributed by atoms with Gasteiger partial charge in [0.1, 0.15) is 11.6 Å². The Morgan fingerprint density at radius 1 is 1.32 bits per heavy atom. The van der Waals surface area contributed by atoms with Crippen LogP contribution in [-0.4, -0.2) is 31.9 Å². The van der Waals surface area contributed by atoms with Crippen molar-refractivity contribution in [3.63, 3.8) is 0 Å². The molecular weight excluding hydrogens is 376 g/mol. The number of rotatable bonds is 8. The lowest BCUT2D eigenvalue weighted by Gasteiger charge is -2.08. The van der Waals surface area contributed by atoms with Crippen LogP contribution in [0, 0.1) is 12.8 Å². The number of aromatic nitrogens is 4. The molecule has 0 aliphatic rings. The third-order valence-corrected chi connectivity index (χ3v) is 4.73. The zero-order valence-electron chi connectivity index (χ0n) is 16.1. The summed E-state index contributed by atoms with van der Waals surface area (Å²) in [4.78, 5) is 28.8. The minimum absolute atomic E-state index is 0.295. The number of aromatic amines is 1. The second-order valence-electron chi connectivity index (χ2n) is 6.94. The molecule has 0 aromatic carbocycles. The Bertz CT molecular complexity index is 955. The molecule has 0 unspecified atom stereocenters. The molecule has 9 heteroatoms. The Kier molecular flexibility index (Phi) is 6.37. The Balaban J connectivity index is 1.54. The average molecular weight is 401 g/mol. The SMILES string of the molecule is Cc1nc(C[C@H](N)C(=O)Nc2ncc(/C=C/c3ncc(CC(C)C)o3)s2)c[nH]1. The number of carbonyl (C=O) groups excluding carboxylic acids is 1. The van der Waals surface area contributed by atoms with Gasteiger partial charge in [-0.05, 0) is 18.9 Å². The number of hydrogen-bond acceptors (Lipinski definition) is 7. The Hall–Kier alpha value is -2.78. The van der Waals surface area contributed by atoms with Gasteiger partial charge in [-0.25, -0.2) is 15.0 Å². The molecule has 3 heterocycles. The van der Waals surface area contributed by atoms with Gasteiger partial charge in [0, 0.05) is 36.2 Å². The molecule has 0 saturated heterocycles. The first-order valence-electron chi connectivity index (χ1n) is 9.05. The van der Waals surface area contributed by atoms with Crippen LogP contribution in [0.15, 0.2) is 23.0 Å². The van der Waals surface area contributed by atoms with E-state index in [0.29, 0.717) is 23.4 Å². The first-order valence-corrected chi connectivity index (χ1v) is 9.86. The molecule has 3 rings (SSSR count). The molecule has 4 N–H and O–H groups in total. The standard InChI is InChI=1S/C19H24N6O2S/c1-11(2)6-14-9-22-17(27-14)5-4-15-10-23-19(28-15)25-18(26)16(20)7-13-8-21-12(3)24-13/h4-5,8-11,16H,6-7,20H2,1-3H3,(H,21,24)(H,23,25,26)/b5-4+/t16-/m0/s1. The number of nitrogens with two attached hydrogens (primary N) is 1. The molecule has 1 amide bonds. The smallest absolute Gasteiger partial charge is 0.243 e. The molecule has 8 nitrogen and oxygen atoms in total. The highest BCUT2D eigenvalue weighted by molar-refractivity contribution is 7.16. The number of imidazole rings is 1. The normalized spacial score (nSPS) is 12.8. The van der Waals surface area contributed by atoms with E-state index in [0.717, 1.165) is 28.6 Å². The molecule has 0 saturated carbocycles. The van der Waals surface area contributed by atoms with Gasteiger partial charge in [-0.2, -0.15) is 0 Å². The number of aryl methyl sites for hydroxylation is 1. The predicted molar refractivity (Wildman–Crippen MR) is 110 cm³/mol. The van der Waals surface area contributed by atoms with Gasteiger partial charge < -0.3 is 20.5 Å². The number of nitrogens with one attached hydrogen (secondary N) is 2. The fourth-order valence-corrected chi connectivity index (χ4v) is 3.28. The second kappa shape index (κ2) is 8.94. The summed E-state index contributed by atoms with van der Waals surface area (Å²) in [5.74, 6) is 2.43. The Morgan fingerprint density at radius 2 is 2.14 bits per heavy atom. The van der Waals surface area contributed by atoms with Crippen LogP contribution in [-0.2, 0) is 17.6 Å². The predicted octanol–water partition coefficient (Wildman–Crippen LogP) is 3.04. The summed E-state index contributed by atoms with van der Waals surface area (Å²) >= 11 is 1.35. The van der Waals surface area contributed by atoms with E-state index >= 15 is 0 Å². The van der Waals surface area contributed by atoms with Gasteiger partial charge in [0.2, 0.25) is 11.8 Å². The number of hydrogen-bond donors (Lipinski definition) is 3. The number of oxazole rings is 1. The molecule has 148 valence electrons. The molecule has 3 aromatic rings. The lowest BCUT2D eigenvalue weighted by molar-refractivity contribution is -0.117. The van der Waals surface area contributed by atoms with Crippen molar-refractivity contribution in [2.75, 3.05) is 5.32 Å². The van der Waals surface area contributed by atoms with Gasteiger partial charge in [0.25, 0.3) is 0 Å². The molecule has 1 atom stereocenters. The third kappa shape index (κ3) is 5.61. The summed E-state index contributed by atoms with van der Waals surface area (Å²) in [5, 5.41) is 3.24. The van der Waals surface area contributed by atoms with Crippen LogP contribution in [0.3, 0.4) is 0 Å². The van der Waals surface area contributed by atoms with Crippen molar-refractivity contribution in [2.24, 2.45) is 11.7 Å². The number of amides is 1. The van der Waals surface area contributed by atoms with E-state index in [-0.39, 0.29) is 5.91 Å². The van der Waals surface area contributed by atoms with E-state index in [1.54, 1.807) is 24.7 Å². The van der Waals surface area contributed by atoms with Crippen LogP contribution < -0.4 is 11.1 Å². The quantitative estimate of drug-likeness (QED) is 0.534. The highest BCUT2D eigenvalue weighted by Crippen LogP contribution is 2.21. The fourth-order valence-electron chi connectivity index (χ4n) is 2.56. The van der Waals surface area contributed by atoms with Gasteiger partial charge in [-0.3, -0.25) is 4.79 Å². The van der Waals surface area contributed by atoms with Crippen molar-refractivity contribution in [3.8, 4) is 0 Å². The largest absolute Gasteiger partial charge is 0.442 e. The summed E-state index contributed by atoms with van der Waals surface area (Å²) in [6.45, 7) is 6.11. The topological polar surface area (TPSA) is 123 Å². The number of anilines is 1. The van der Waals surface area contributed by atoms with Gasteiger partial charge in [-0.15, -0.1) is 0 Å². The summed E-state index contributed by atoms with van der Waals surface area (Å²) < 4.78 is 5.67. The van der Waals surface area contributed by atoms with E-state index in [2.05, 4.69) is 39.1 Å². The monoisotopic (exact) mass is 400 g/mol. The maximum absolute atomic E-state index is 12.3. The first kappa shape index (κ1) is 20.0. The van der Waals surface area contributed by atoms with Gasteiger partial charge in [0.05, 0.1) is 17.9 Å². The average Bonchev–Trinajstić information content (AvgIpc) is 3.35.